The van der Waals surface area contributed by atoms with E-state index in [9.17, 15) is 0 Å². The number of fused-ring (bicyclic) bond motifs is 4. The quantitative estimate of drug-likeness (QED) is 0.172. The number of rotatable bonds is 3. The molecule has 1 heterocycles. The monoisotopic (exact) mass is 625 g/mol. The third-order valence-corrected chi connectivity index (χ3v) is 10.6. The first kappa shape index (κ1) is 28.1. The second kappa shape index (κ2) is 10.3. The zero-order valence-corrected chi connectivity index (χ0v) is 28.0. The highest BCUT2D eigenvalue weighted by molar-refractivity contribution is 6.28. The second-order valence-electron chi connectivity index (χ2n) is 14.6. The van der Waals surface area contributed by atoms with Gasteiger partial charge in [-0.1, -0.05) is 142 Å². The van der Waals surface area contributed by atoms with Gasteiger partial charge in [-0.25, -0.2) is 0 Å². The fraction of sp³-hybridized carbons (Fsp3) is 0.0833. The highest BCUT2D eigenvalue weighted by Crippen LogP contribution is 2.46. The smallest absolute Gasteiger partial charge is 0.0541 e. The van der Waals surface area contributed by atoms with Crippen LogP contribution in [0.25, 0.3) is 92.8 Å². The molecule has 1 nitrogen and oxygen atoms in total. The minimum Gasteiger partial charge on any atom is -0.309 e. The molecule has 0 radical (unpaired) electrons. The van der Waals surface area contributed by atoms with E-state index in [1.807, 2.05) is 0 Å². The molecule has 0 atom stereocenters. The molecule has 0 aliphatic heterocycles. The summed E-state index contributed by atoms with van der Waals surface area (Å²) in [5.74, 6) is 0. The molecule has 0 spiro atoms. The van der Waals surface area contributed by atoms with Gasteiger partial charge in [0.2, 0.25) is 0 Å². The number of benzene rings is 9. The molecular weight excluding hydrogens is 591 g/mol. The fourth-order valence-corrected chi connectivity index (χ4v) is 8.20. The standard InChI is InChI=1S/C48H35N/c1-48(2,3)36-26-34-21-23-40-42(32-13-10-14-37(28-32)49-44-17-8-6-15-38(44)39-16-7-9-18-45(39)49)29-43(41-24-22-35(27-36)46(34)47(40)41)33-20-19-30-11-4-5-12-31(30)25-33/h4-29H,1-3H3. The van der Waals surface area contributed by atoms with Crippen molar-refractivity contribution in [2.24, 2.45) is 0 Å². The molecule has 10 aromatic rings. The molecule has 1 aromatic heterocycles. The zero-order valence-electron chi connectivity index (χ0n) is 28.0. The van der Waals surface area contributed by atoms with Crippen molar-refractivity contribution in [2.45, 2.75) is 26.2 Å². The van der Waals surface area contributed by atoms with E-state index in [-0.39, 0.29) is 5.41 Å². The predicted octanol–water partition coefficient (Wildman–Crippen LogP) is 13.5. The minimum absolute atomic E-state index is 0.0686. The summed E-state index contributed by atoms with van der Waals surface area (Å²) in [7, 11) is 0. The van der Waals surface area contributed by atoms with Gasteiger partial charge in [0.05, 0.1) is 11.0 Å². The van der Waals surface area contributed by atoms with Crippen LogP contribution in [0.4, 0.5) is 0 Å². The predicted molar refractivity (Wildman–Crippen MR) is 212 cm³/mol. The van der Waals surface area contributed by atoms with Crippen molar-refractivity contribution in [3.8, 4) is 27.9 Å². The van der Waals surface area contributed by atoms with Crippen LogP contribution in [-0.4, -0.2) is 4.57 Å². The van der Waals surface area contributed by atoms with Gasteiger partial charge in [-0.2, -0.15) is 0 Å². The van der Waals surface area contributed by atoms with Crippen LogP contribution in [0, 0.1) is 0 Å². The summed E-state index contributed by atoms with van der Waals surface area (Å²) >= 11 is 0. The number of aromatic nitrogens is 1. The first-order chi connectivity index (χ1) is 23.9. The Morgan fingerprint density at radius 1 is 0.388 bits per heavy atom. The van der Waals surface area contributed by atoms with Gasteiger partial charge in [0.1, 0.15) is 0 Å². The van der Waals surface area contributed by atoms with Crippen molar-refractivity contribution in [1.29, 1.82) is 0 Å². The van der Waals surface area contributed by atoms with Gasteiger partial charge < -0.3 is 4.57 Å². The van der Waals surface area contributed by atoms with Crippen molar-refractivity contribution in [1.82, 2.24) is 4.57 Å². The summed E-state index contributed by atoms with van der Waals surface area (Å²) in [6.45, 7) is 6.92. The van der Waals surface area contributed by atoms with Gasteiger partial charge in [-0.05, 0) is 113 Å². The number of hydrogen-bond acceptors (Lipinski definition) is 0. The maximum absolute atomic E-state index is 2.44. The van der Waals surface area contributed by atoms with Gasteiger partial charge in [0.15, 0.2) is 0 Å². The Balaban J connectivity index is 1.29. The lowest BCUT2D eigenvalue weighted by Gasteiger charge is -2.23. The van der Waals surface area contributed by atoms with Gasteiger partial charge in [0, 0.05) is 16.5 Å². The third-order valence-electron chi connectivity index (χ3n) is 10.6. The molecule has 0 aliphatic rings. The second-order valence-corrected chi connectivity index (χ2v) is 14.6. The highest BCUT2D eigenvalue weighted by atomic mass is 15.0. The molecule has 9 aromatic carbocycles. The normalized spacial score (nSPS) is 12.4. The highest BCUT2D eigenvalue weighted by Gasteiger charge is 2.21. The first-order valence-electron chi connectivity index (χ1n) is 17.3. The van der Waals surface area contributed by atoms with Crippen molar-refractivity contribution in [2.75, 3.05) is 0 Å². The van der Waals surface area contributed by atoms with Gasteiger partial charge in [-0.15, -0.1) is 0 Å². The molecule has 0 bridgehead atoms. The van der Waals surface area contributed by atoms with Crippen LogP contribution >= 0.6 is 0 Å². The molecule has 0 unspecified atom stereocenters. The molecule has 0 aliphatic carbocycles. The molecule has 0 saturated carbocycles. The summed E-state index contributed by atoms with van der Waals surface area (Å²) in [5, 5.41) is 13.0. The molecular formula is C48H35N. The molecule has 0 fully saturated rings. The lowest BCUT2D eigenvalue weighted by Crippen LogP contribution is -2.10. The molecule has 0 saturated heterocycles. The maximum Gasteiger partial charge on any atom is 0.0541 e. The third kappa shape index (κ3) is 4.25. The summed E-state index contributed by atoms with van der Waals surface area (Å²) in [5.41, 5.74) is 10.0. The van der Waals surface area contributed by atoms with Gasteiger partial charge >= 0.3 is 0 Å². The molecule has 232 valence electrons. The largest absolute Gasteiger partial charge is 0.309 e. The van der Waals surface area contributed by atoms with E-state index in [4.69, 9.17) is 0 Å². The van der Waals surface area contributed by atoms with Gasteiger partial charge in [0.25, 0.3) is 0 Å². The van der Waals surface area contributed by atoms with E-state index in [1.165, 1.54) is 98.4 Å². The fourth-order valence-electron chi connectivity index (χ4n) is 8.20. The zero-order chi connectivity index (χ0) is 32.9. The Morgan fingerprint density at radius 3 is 1.61 bits per heavy atom. The van der Waals surface area contributed by atoms with E-state index in [1.54, 1.807) is 0 Å². The number of nitrogens with zero attached hydrogens (tertiary/aromatic N) is 1. The van der Waals surface area contributed by atoms with Crippen molar-refractivity contribution >= 4 is 64.9 Å². The number of para-hydroxylation sites is 2. The van der Waals surface area contributed by atoms with E-state index in [0.717, 1.165) is 0 Å². The van der Waals surface area contributed by atoms with E-state index in [0.29, 0.717) is 0 Å². The molecule has 10 rings (SSSR count). The maximum atomic E-state index is 2.44. The van der Waals surface area contributed by atoms with Crippen molar-refractivity contribution in [3.63, 3.8) is 0 Å². The van der Waals surface area contributed by atoms with Crippen molar-refractivity contribution in [3.05, 3.63) is 163 Å². The Labute approximate surface area is 286 Å². The van der Waals surface area contributed by atoms with Crippen LogP contribution in [0.5, 0.6) is 0 Å². The SMILES string of the molecule is CC(C)(C)c1cc2ccc3c(-c4cccc(-n5c6ccccc6c6ccccc65)c4)cc(-c4ccc5ccccc5c4)c4ccc(c1)c2c34. The summed E-state index contributed by atoms with van der Waals surface area (Å²) in [6.07, 6.45) is 0. The average Bonchev–Trinajstić information content (AvgIpc) is 3.47. The molecule has 0 amide bonds. The Morgan fingerprint density at radius 2 is 0.959 bits per heavy atom. The lowest BCUT2D eigenvalue weighted by atomic mass is 9.81. The molecule has 0 N–H and O–H groups in total. The summed E-state index contributed by atoms with van der Waals surface area (Å²) in [4.78, 5) is 0. The Hall–Kier alpha value is -5.92. The van der Waals surface area contributed by atoms with Crippen LogP contribution in [0.2, 0.25) is 0 Å². The Bertz CT molecular complexity index is 2840. The van der Waals surface area contributed by atoms with E-state index in [2.05, 4.69) is 183 Å². The average molecular weight is 626 g/mol. The summed E-state index contributed by atoms with van der Waals surface area (Å²) in [6, 6.07) is 58.9. The van der Waals surface area contributed by atoms with Crippen LogP contribution in [-0.2, 0) is 5.41 Å². The van der Waals surface area contributed by atoms with Crippen LogP contribution in [0.1, 0.15) is 26.3 Å². The minimum atomic E-state index is 0.0686. The topological polar surface area (TPSA) is 4.93 Å². The molecule has 1 heteroatoms. The lowest BCUT2D eigenvalue weighted by molar-refractivity contribution is 0.591. The summed E-state index contributed by atoms with van der Waals surface area (Å²) < 4.78 is 2.42. The van der Waals surface area contributed by atoms with E-state index < -0.39 is 0 Å². The van der Waals surface area contributed by atoms with Crippen LogP contribution in [0.15, 0.2) is 158 Å². The van der Waals surface area contributed by atoms with Crippen LogP contribution < -0.4 is 0 Å². The van der Waals surface area contributed by atoms with Crippen molar-refractivity contribution < 1.29 is 0 Å². The van der Waals surface area contributed by atoms with E-state index >= 15 is 0 Å². The Kier molecular flexibility index (Phi) is 5.91. The number of hydrogen-bond donors (Lipinski definition) is 0. The van der Waals surface area contributed by atoms with Crippen LogP contribution in [0.3, 0.4) is 0 Å². The van der Waals surface area contributed by atoms with Gasteiger partial charge in [-0.3, -0.25) is 0 Å². The molecule has 49 heavy (non-hydrogen) atoms. The first-order valence-corrected chi connectivity index (χ1v) is 17.3.